The summed E-state index contributed by atoms with van der Waals surface area (Å²) in [5.74, 6) is -0.745. The van der Waals surface area contributed by atoms with E-state index < -0.39 is 27.7 Å². The molecule has 2 aliphatic heterocycles. The normalized spacial score (nSPS) is 23.3. The molecule has 1 amide bonds. The van der Waals surface area contributed by atoms with E-state index in [9.17, 15) is 30.8 Å². The standard InChI is InChI=1S/C22H21F4N3O3S2/c1-13-10-33-19-15(6-7-18(27-19)22(24,25)26)20(30)29(13)14-8-21(9-14)11-28(12-21)34(31,32)17-5-3-2-4-16(17)23/h2-7,13-14H,8-12H2,1H3. The van der Waals surface area contributed by atoms with Crippen molar-refractivity contribution in [2.75, 3.05) is 18.8 Å². The zero-order valence-electron chi connectivity index (χ0n) is 18.0. The summed E-state index contributed by atoms with van der Waals surface area (Å²) in [4.78, 5) is 18.3. The summed E-state index contributed by atoms with van der Waals surface area (Å²) in [5, 5.41) is 0.0778. The number of rotatable bonds is 3. The number of hydrogen-bond acceptors (Lipinski definition) is 5. The lowest BCUT2D eigenvalue weighted by molar-refractivity contribution is -0.141. The van der Waals surface area contributed by atoms with Crippen LogP contribution in [0.15, 0.2) is 46.3 Å². The van der Waals surface area contributed by atoms with Crippen LogP contribution in [0.25, 0.3) is 0 Å². The molecule has 2 fully saturated rings. The van der Waals surface area contributed by atoms with Gasteiger partial charge in [-0.15, -0.1) is 11.8 Å². The minimum atomic E-state index is -4.59. The van der Waals surface area contributed by atoms with Gasteiger partial charge in [-0.25, -0.2) is 17.8 Å². The van der Waals surface area contributed by atoms with Crippen molar-refractivity contribution in [3.05, 3.63) is 53.5 Å². The van der Waals surface area contributed by atoms with E-state index in [1.54, 1.807) is 4.90 Å². The first-order valence-corrected chi connectivity index (χ1v) is 13.1. The predicted molar refractivity (Wildman–Crippen MR) is 116 cm³/mol. The van der Waals surface area contributed by atoms with E-state index in [1.165, 1.54) is 28.6 Å². The average Bonchev–Trinajstić information content (AvgIpc) is 2.82. The molecule has 1 aromatic carbocycles. The summed E-state index contributed by atoms with van der Waals surface area (Å²) in [6, 6.07) is 6.89. The van der Waals surface area contributed by atoms with Crippen molar-refractivity contribution in [2.45, 2.75) is 47.9 Å². The first-order chi connectivity index (χ1) is 15.9. The van der Waals surface area contributed by atoms with Gasteiger partial charge in [-0.1, -0.05) is 12.1 Å². The Balaban J connectivity index is 1.29. The monoisotopic (exact) mass is 515 g/mol. The van der Waals surface area contributed by atoms with Gasteiger partial charge >= 0.3 is 6.18 Å². The Hall–Kier alpha value is -2.18. The van der Waals surface area contributed by atoms with Crippen molar-refractivity contribution < 1.29 is 30.8 Å². The molecule has 1 aromatic heterocycles. The second-order valence-electron chi connectivity index (χ2n) is 9.19. The SMILES string of the molecule is CC1CSc2nc(C(F)(F)F)ccc2C(=O)N1C1CC2(C1)CN(S(=O)(=O)c1ccccc1F)C2. The lowest BCUT2D eigenvalue weighted by Crippen LogP contribution is -2.68. The van der Waals surface area contributed by atoms with E-state index in [0.29, 0.717) is 18.6 Å². The van der Waals surface area contributed by atoms with Crippen LogP contribution in [0, 0.1) is 11.2 Å². The number of fused-ring (bicyclic) bond motifs is 1. The highest BCUT2D eigenvalue weighted by atomic mass is 32.2. The largest absolute Gasteiger partial charge is 0.433 e. The fraction of sp³-hybridized carbons (Fsp3) is 0.455. The number of pyridine rings is 1. The number of benzene rings is 1. The quantitative estimate of drug-likeness (QED) is 0.578. The Labute approximate surface area is 198 Å². The molecular weight excluding hydrogens is 494 g/mol. The van der Waals surface area contributed by atoms with E-state index in [-0.39, 0.29) is 52.0 Å². The van der Waals surface area contributed by atoms with Gasteiger partial charge in [0.05, 0.1) is 5.56 Å². The number of sulfonamides is 1. The van der Waals surface area contributed by atoms with Crippen LogP contribution in [-0.2, 0) is 16.2 Å². The molecule has 1 unspecified atom stereocenters. The molecule has 6 nitrogen and oxygen atoms in total. The van der Waals surface area contributed by atoms with E-state index >= 15 is 0 Å². The number of halogens is 4. The molecule has 0 radical (unpaired) electrons. The lowest BCUT2D eigenvalue weighted by atomic mass is 9.61. The molecule has 2 aromatic rings. The molecule has 0 N–H and O–H groups in total. The maximum absolute atomic E-state index is 14.0. The lowest BCUT2D eigenvalue weighted by Gasteiger charge is -2.60. The van der Waals surface area contributed by atoms with Crippen molar-refractivity contribution in [3.63, 3.8) is 0 Å². The molecule has 182 valence electrons. The smallest absolute Gasteiger partial charge is 0.332 e. The van der Waals surface area contributed by atoms with E-state index in [1.807, 2.05) is 6.92 Å². The van der Waals surface area contributed by atoms with Gasteiger partial charge in [-0.3, -0.25) is 4.79 Å². The van der Waals surface area contributed by atoms with Crippen molar-refractivity contribution in [3.8, 4) is 0 Å². The second kappa shape index (κ2) is 7.92. The fourth-order valence-electron chi connectivity index (χ4n) is 5.08. The van der Waals surface area contributed by atoms with Gasteiger partial charge in [0, 0.05) is 36.3 Å². The third kappa shape index (κ3) is 3.79. The molecular formula is C22H21F4N3O3S2. The van der Waals surface area contributed by atoms with Crippen molar-refractivity contribution in [1.29, 1.82) is 0 Å². The third-order valence-corrected chi connectivity index (χ3v) is 9.82. The molecule has 3 heterocycles. The van der Waals surface area contributed by atoms with Crippen LogP contribution in [0.4, 0.5) is 17.6 Å². The molecule has 34 heavy (non-hydrogen) atoms. The maximum atomic E-state index is 14.0. The minimum absolute atomic E-state index is 0.0778. The van der Waals surface area contributed by atoms with Crippen LogP contribution in [0.5, 0.6) is 0 Å². The number of aromatic nitrogens is 1. The highest BCUT2D eigenvalue weighted by Gasteiger charge is 2.58. The second-order valence-corrected chi connectivity index (χ2v) is 12.1. The zero-order valence-corrected chi connectivity index (χ0v) is 19.7. The zero-order chi connectivity index (χ0) is 24.5. The summed E-state index contributed by atoms with van der Waals surface area (Å²) in [7, 11) is -3.93. The molecule has 0 bridgehead atoms. The minimum Gasteiger partial charge on any atom is -0.332 e. The summed E-state index contributed by atoms with van der Waals surface area (Å²) in [5.41, 5.74) is -1.15. The number of amides is 1. The van der Waals surface area contributed by atoms with Gasteiger partial charge in [0.25, 0.3) is 5.91 Å². The Morgan fingerprint density at radius 2 is 1.79 bits per heavy atom. The van der Waals surface area contributed by atoms with Crippen molar-refractivity contribution >= 4 is 27.7 Å². The maximum Gasteiger partial charge on any atom is 0.433 e. The topological polar surface area (TPSA) is 70.6 Å². The van der Waals surface area contributed by atoms with Gasteiger partial charge in [0.2, 0.25) is 10.0 Å². The number of carbonyl (C=O) groups is 1. The van der Waals surface area contributed by atoms with Gasteiger partial charge in [0.1, 0.15) is 21.4 Å². The number of nitrogens with zero attached hydrogens (tertiary/aromatic N) is 3. The number of carbonyl (C=O) groups excluding carboxylic acids is 1. The summed E-state index contributed by atoms with van der Waals surface area (Å²) < 4.78 is 79.9. The van der Waals surface area contributed by atoms with Crippen molar-refractivity contribution in [2.24, 2.45) is 5.41 Å². The molecule has 1 spiro atoms. The Morgan fingerprint density at radius 3 is 2.44 bits per heavy atom. The molecule has 1 atom stereocenters. The Bertz CT molecular complexity index is 1250. The van der Waals surface area contributed by atoms with E-state index in [4.69, 9.17) is 0 Å². The molecule has 1 aliphatic carbocycles. The third-order valence-electron chi connectivity index (χ3n) is 6.76. The fourth-order valence-corrected chi connectivity index (χ4v) is 7.84. The first kappa shape index (κ1) is 23.6. The molecule has 5 rings (SSSR count). The van der Waals surface area contributed by atoms with Crippen LogP contribution in [-0.4, -0.2) is 59.4 Å². The van der Waals surface area contributed by atoms with Gasteiger partial charge < -0.3 is 4.90 Å². The predicted octanol–water partition coefficient (Wildman–Crippen LogP) is 4.03. The summed E-state index contributed by atoms with van der Waals surface area (Å²) >= 11 is 1.13. The molecule has 3 aliphatic rings. The number of hydrogen-bond donors (Lipinski definition) is 0. The van der Waals surface area contributed by atoms with Crippen molar-refractivity contribution in [1.82, 2.24) is 14.2 Å². The highest BCUT2D eigenvalue weighted by molar-refractivity contribution is 7.99. The average molecular weight is 516 g/mol. The molecule has 12 heteroatoms. The highest BCUT2D eigenvalue weighted by Crippen LogP contribution is 2.53. The number of alkyl halides is 3. The van der Waals surface area contributed by atoms with Gasteiger partial charge in [0.15, 0.2) is 0 Å². The van der Waals surface area contributed by atoms with Crippen LogP contribution in [0.3, 0.4) is 0 Å². The Morgan fingerprint density at radius 1 is 1.12 bits per heavy atom. The number of thioether (sulfide) groups is 1. The van der Waals surface area contributed by atoms with Crippen LogP contribution in [0.2, 0.25) is 0 Å². The van der Waals surface area contributed by atoms with Gasteiger partial charge in [-0.05, 0) is 44.0 Å². The first-order valence-electron chi connectivity index (χ1n) is 10.7. The Kier molecular flexibility index (Phi) is 5.49. The van der Waals surface area contributed by atoms with E-state index in [2.05, 4.69) is 4.98 Å². The van der Waals surface area contributed by atoms with E-state index in [0.717, 1.165) is 23.9 Å². The molecule has 1 saturated carbocycles. The molecule has 1 saturated heterocycles. The van der Waals surface area contributed by atoms with Crippen LogP contribution >= 0.6 is 11.8 Å². The van der Waals surface area contributed by atoms with Crippen LogP contribution in [0.1, 0.15) is 35.8 Å². The summed E-state index contributed by atoms with van der Waals surface area (Å²) in [6.45, 7) is 2.35. The van der Waals surface area contributed by atoms with Crippen LogP contribution < -0.4 is 0 Å². The van der Waals surface area contributed by atoms with Gasteiger partial charge in [-0.2, -0.15) is 17.5 Å². The summed E-state index contributed by atoms with van der Waals surface area (Å²) in [6.07, 6.45) is -3.42.